The summed E-state index contributed by atoms with van der Waals surface area (Å²) >= 11 is 1.05. The molecule has 0 spiro atoms. The first-order chi connectivity index (χ1) is 5.13. The number of thioether (sulfide) groups is 1. The van der Waals surface area contributed by atoms with Gasteiger partial charge in [-0.3, -0.25) is 4.79 Å². The monoisotopic (exact) mass is 169 g/mol. The SMILES string of the molecule is C/C(SC#N)=C(\C=O)C(C)C. The van der Waals surface area contributed by atoms with E-state index in [2.05, 4.69) is 0 Å². The quantitative estimate of drug-likeness (QED) is 0.370. The average molecular weight is 169 g/mol. The van der Waals surface area contributed by atoms with Crippen molar-refractivity contribution in [1.82, 2.24) is 0 Å². The molecule has 0 aliphatic rings. The molecule has 2 nitrogen and oxygen atoms in total. The number of hydrogen-bond donors (Lipinski definition) is 0. The molecule has 0 radical (unpaired) electrons. The number of carbonyl (C=O) groups is 1. The predicted molar refractivity (Wildman–Crippen MR) is 46.8 cm³/mol. The minimum atomic E-state index is 0.202. The lowest BCUT2D eigenvalue weighted by atomic mass is 10.1. The van der Waals surface area contributed by atoms with E-state index in [1.807, 2.05) is 19.2 Å². The van der Waals surface area contributed by atoms with Gasteiger partial charge in [-0.05, 0) is 24.6 Å². The van der Waals surface area contributed by atoms with E-state index in [1.165, 1.54) is 0 Å². The van der Waals surface area contributed by atoms with Crippen molar-refractivity contribution in [2.45, 2.75) is 20.8 Å². The van der Waals surface area contributed by atoms with Crippen molar-refractivity contribution in [3.05, 3.63) is 10.5 Å². The largest absolute Gasteiger partial charge is 0.298 e. The Morgan fingerprint density at radius 2 is 2.18 bits per heavy atom. The Morgan fingerprint density at radius 1 is 1.64 bits per heavy atom. The van der Waals surface area contributed by atoms with Crippen LogP contribution in [0, 0.1) is 16.6 Å². The molecule has 3 heteroatoms. The Hall–Kier alpha value is -0.750. The molecule has 0 aromatic carbocycles. The van der Waals surface area contributed by atoms with Gasteiger partial charge in [-0.25, -0.2) is 0 Å². The molecule has 0 aromatic heterocycles. The summed E-state index contributed by atoms with van der Waals surface area (Å²) in [5.74, 6) is 0.202. The molecule has 0 N–H and O–H groups in total. The molecule has 0 aliphatic carbocycles. The molecule has 0 bridgehead atoms. The maximum Gasteiger partial charge on any atom is 0.147 e. The summed E-state index contributed by atoms with van der Waals surface area (Å²) in [6, 6.07) is 0. The van der Waals surface area contributed by atoms with Gasteiger partial charge in [-0.1, -0.05) is 13.8 Å². The van der Waals surface area contributed by atoms with Gasteiger partial charge in [0.2, 0.25) is 0 Å². The highest BCUT2D eigenvalue weighted by Crippen LogP contribution is 2.21. The van der Waals surface area contributed by atoms with E-state index >= 15 is 0 Å². The van der Waals surface area contributed by atoms with Crippen LogP contribution < -0.4 is 0 Å². The Labute approximate surface area is 71.3 Å². The van der Waals surface area contributed by atoms with E-state index in [0.29, 0.717) is 0 Å². The lowest BCUT2D eigenvalue weighted by Crippen LogP contribution is -1.96. The first-order valence-electron chi connectivity index (χ1n) is 3.35. The summed E-state index contributed by atoms with van der Waals surface area (Å²) in [4.78, 5) is 11.3. The van der Waals surface area contributed by atoms with E-state index in [1.54, 1.807) is 6.92 Å². The van der Waals surface area contributed by atoms with Crippen molar-refractivity contribution in [3.8, 4) is 5.40 Å². The van der Waals surface area contributed by atoms with E-state index in [0.717, 1.165) is 28.5 Å². The zero-order chi connectivity index (χ0) is 8.85. The highest BCUT2D eigenvalue weighted by Gasteiger charge is 2.05. The van der Waals surface area contributed by atoms with Crippen LogP contribution in [0.5, 0.6) is 0 Å². The number of rotatable bonds is 3. The minimum Gasteiger partial charge on any atom is -0.298 e. The van der Waals surface area contributed by atoms with Crippen molar-refractivity contribution in [3.63, 3.8) is 0 Å². The van der Waals surface area contributed by atoms with E-state index in [9.17, 15) is 4.79 Å². The number of hydrogen-bond acceptors (Lipinski definition) is 3. The number of nitriles is 1. The van der Waals surface area contributed by atoms with E-state index < -0.39 is 0 Å². The van der Waals surface area contributed by atoms with Gasteiger partial charge in [0.25, 0.3) is 0 Å². The van der Waals surface area contributed by atoms with Crippen molar-refractivity contribution < 1.29 is 4.79 Å². The number of nitrogens with zero attached hydrogens (tertiary/aromatic N) is 1. The minimum absolute atomic E-state index is 0.202. The third-order valence-corrected chi connectivity index (χ3v) is 1.99. The predicted octanol–water partition coefficient (Wildman–Crippen LogP) is 2.33. The Morgan fingerprint density at radius 3 is 2.45 bits per heavy atom. The normalized spacial score (nSPS) is 12.3. The molecular weight excluding hydrogens is 158 g/mol. The van der Waals surface area contributed by atoms with Gasteiger partial charge in [0.05, 0.1) is 0 Å². The van der Waals surface area contributed by atoms with Crippen LogP contribution in [0.1, 0.15) is 20.8 Å². The van der Waals surface area contributed by atoms with Crippen LogP contribution in [-0.2, 0) is 4.79 Å². The molecule has 0 fully saturated rings. The average Bonchev–Trinajstić information content (AvgIpc) is 1.88. The first kappa shape index (κ1) is 10.2. The maximum absolute atomic E-state index is 10.5. The third kappa shape index (κ3) is 3.24. The molecule has 0 unspecified atom stereocenters. The molecule has 0 saturated carbocycles. The van der Waals surface area contributed by atoms with Crippen molar-refractivity contribution >= 4 is 18.0 Å². The van der Waals surface area contributed by atoms with Crippen LogP contribution in [0.2, 0.25) is 0 Å². The summed E-state index contributed by atoms with van der Waals surface area (Å²) in [7, 11) is 0. The summed E-state index contributed by atoms with van der Waals surface area (Å²) < 4.78 is 0. The fourth-order valence-electron chi connectivity index (χ4n) is 0.753. The number of aldehydes is 1. The van der Waals surface area contributed by atoms with E-state index in [-0.39, 0.29) is 5.92 Å². The lowest BCUT2D eigenvalue weighted by Gasteiger charge is -2.05. The second-order valence-corrected chi connectivity index (χ2v) is 3.48. The molecule has 60 valence electrons. The zero-order valence-electron chi connectivity index (χ0n) is 6.92. The van der Waals surface area contributed by atoms with Crippen LogP contribution in [0.15, 0.2) is 10.5 Å². The van der Waals surface area contributed by atoms with Crippen molar-refractivity contribution in [2.24, 2.45) is 5.92 Å². The van der Waals surface area contributed by atoms with Gasteiger partial charge < -0.3 is 0 Å². The van der Waals surface area contributed by atoms with Gasteiger partial charge >= 0.3 is 0 Å². The van der Waals surface area contributed by atoms with Crippen molar-refractivity contribution in [1.29, 1.82) is 5.26 Å². The molecule has 11 heavy (non-hydrogen) atoms. The molecule has 0 heterocycles. The van der Waals surface area contributed by atoms with Gasteiger partial charge in [0, 0.05) is 10.5 Å². The highest BCUT2D eigenvalue weighted by molar-refractivity contribution is 8.07. The number of carbonyl (C=O) groups excluding carboxylic acids is 1. The molecule has 0 rings (SSSR count). The van der Waals surface area contributed by atoms with Crippen LogP contribution in [0.25, 0.3) is 0 Å². The Balaban J connectivity index is 4.56. The summed E-state index contributed by atoms with van der Waals surface area (Å²) in [5, 5.41) is 10.3. The molecular formula is C8H11NOS. The van der Waals surface area contributed by atoms with Crippen molar-refractivity contribution in [2.75, 3.05) is 0 Å². The fraction of sp³-hybridized carbons (Fsp3) is 0.500. The van der Waals surface area contributed by atoms with Gasteiger partial charge in [-0.15, -0.1) is 0 Å². The van der Waals surface area contributed by atoms with Gasteiger partial charge in [-0.2, -0.15) is 5.26 Å². The van der Waals surface area contributed by atoms with Crippen LogP contribution in [-0.4, -0.2) is 6.29 Å². The highest BCUT2D eigenvalue weighted by atomic mass is 32.2. The fourth-order valence-corrected chi connectivity index (χ4v) is 1.29. The molecule has 0 atom stereocenters. The van der Waals surface area contributed by atoms with Crippen LogP contribution >= 0.6 is 11.8 Å². The second-order valence-electron chi connectivity index (χ2n) is 2.48. The molecule has 0 aliphatic heterocycles. The van der Waals surface area contributed by atoms with Gasteiger partial charge in [0.15, 0.2) is 0 Å². The van der Waals surface area contributed by atoms with Crippen LogP contribution in [0.3, 0.4) is 0 Å². The Bertz CT molecular complexity index is 213. The second kappa shape index (κ2) is 4.97. The van der Waals surface area contributed by atoms with E-state index in [4.69, 9.17) is 5.26 Å². The molecule has 0 aromatic rings. The standard InChI is InChI=1S/C8H11NOS/c1-6(2)8(4-10)7(3)11-5-9/h4,6H,1-3H3/b8-7-. The Kier molecular flexibility index (Phi) is 4.64. The molecule has 0 saturated heterocycles. The first-order valence-corrected chi connectivity index (χ1v) is 4.17. The zero-order valence-corrected chi connectivity index (χ0v) is 7.73. The summed E-state index contributed by atoms with van der Waals surface area (Å²) in [6.07, 6.45) is 0.824. The lowest BCUT2D eigenvalue weighted by molar-refractivity contribution is -0.105. The van der Waals surface area contributed by atoms with Crippen LogP contribution in [0.4, 0.5) is 0 Å². The maximum atomic E-state index is 10.5. The summed E-state index contributed by atoms with van der Waals surface area (Å²) in [6.45, 7) is 5.66. The molecule has 0 amide bonds. The number of allylic oxidation sites excluding steroid dienone is 2. The topological polar surface area (TPSA) is 40.9 Å². The summed E-state index contributed by atoms with van der Waals surface area (Å²) in [5.41, 5.74) is 0.719. The number of thiocyanates is 1. The smallest absolute Gasteiger partial charge is 0.147 e. The van der Waals surface area contributed by atoms with Gasteiger partial charge in [0.1, 0.15) is 11.7 Å². The third-order valence-electron chi connectivity index (χ3n) is 1.35.